The van der Waals surface area contributed by atoms with Crippen molar-refractivity contribution in [1.82, 2.24) is 0 Å². The highest BCUT2D eigenvalue weighted by Gasteiger charge is 2.15. The number of nitrogens with two attached hydrogens (primary N) is 1. The molecule has 1 saturated heterocycles. The molecule has 5 N–H and O–H groups in total. The maximum atomic E-state index is 14.0. The molecule has 0 unspecified atom stereocenters. The van der Waals surface area contributed by atoms with Crippen LogP contribution in [0, 0.1) is 5.82 Å². The third kappa shape index (κ3) is 8.13. The second-order valence-electron chi connectivity index (χ2n) is 8.79. The molecule has 4 rings (SSSR count). The Morgan fingerprint density at radius 2 is 1.73 bits per heavy atom. The second-order valence-corrected chi connectivity index (χ2v) is 8.79. The Kier molecular flexibility index (Phi) is 10.2. The Balaban J connectivity index is 0.000000678. The van der Waals surface area contributed by atoms with Crippen molar-refractivity contribution in [1.29, 1.82) is 0 Å². The van der Waals surface area contributed by atoms with E-state index >= 15 is 0 Å². The van der Waals surface area contributed by atoms with Gasteiger partial charge < -0.3 is 26.2 Å². The van der Waals surface area contributed by atoms with Crippen LogP contribution in [0.25, 0.3) is 11.1 Å². The largest absolute Gasteiger partial charge is 0.481 e. The quantitative estimate of drug-likeness (QED) is 0.332. The summed E-state index contributed by atoms with van der Waals surface area (Å²) in [5.41, 5.74) is 10.6. The highest BCUT2D eigenvalue weighted by molar-refractivity contribution is 6.06. The number of amides is 1. The first-order valence-electron chi connectivity index (χ1n) is 12.4. The lowest BCUT2D eigenvalue weighted by molar-refractivity contribution is -0.136. The summed E-state index contributed by atoms with van der Waals surface area (Å²) in [7, 11) is 1.73. The number of hydrogen-bond donors (Lipinski definition) is 4. The molecule has 0 atom stereocenters. The average molecular weight is 508 g/mol. The number of hydrogen-bond acceptors (Lipinski definition) is 5. The maximum absolute atomic E-state index is 14.0. The smallest absolute Gasteiger partial charge is 0.307 e. The fourth-order valence-electron chi connectivity index (χ4n) is 4.01. The Morgan fingerprint density at radius 3 is 2.32 bits per heavy atom. The number of nitrogens with one attached hydrogen (secondary N) is 2. The van der Waals surface area contributed by atoms with Crippen LogP contribution < -0.4 is 16.4 Å². The molecule has 1 aliphatic heterocycles. The first-order chi connectivity index (χ1) is 17.8. The van der Waals surface area contributed by atoms with Gasteiger partial charge in [-0.1, -0.05) is 19.1 Å². The van der Waals surface area contributed by atoms with Gasteiger partial charge in [0.15, 0.2) is 0 Å². The van der Waals surface area contributed by atoms with E-state index in [-0.39, 0.29) is 13.0 Å². The summed E-state index contributed by atoms with van der Waals surface area (Å²) in [6.45, 7) is 4.18. The number of carbonyl (C=O) groups excluding carboxylic acids is 1. The Hall–Kier alpha value is -3.75. The van der Waals surface area contributed by atoms with Gasteiger partial charge in [-0.15, -0.1) is 0 Å². The third-order valence-corrected chi connectivity index (χ3v) is 6.01. The average Bonchev–Trinajstić information content (AvgIpc) is 3.49. The van der Waals surface area contributed by atoms with E-state index in [0.717, 1.165) is 25.2 Å². The molecular formula is C29H34FN3O4. The Bertz CT molecular complexity index is 1230. The van der Waals surface area contributed by atoms with Gasteiger partial charge in [-0.05, 0) is 89.5 Å². The van der Waals surface area contributed by atoms with E-state index in [1.54, 1.807) is 37.4 Å². The Labute approximate surface area is 216 Å². The van der Waals surface area contributed by atoms with Gasteiger partial charge in [0, 0.05) is 43.7 Å². The van der Waals surface area contributed by atoms with E-state index in [1.165, 1.54) is 25.0 Å². The van der Waals surface area contributed by atoms with Crippen LogP contribution >= 0.6 is 0 Å². The molecule has 1 fully saturated rings. The molecule has 1 amide bonds. The van der Waals surface area contributed by atoms with Gasteiger partial charge in [-0.3, -0.25) is 9.59 Å². The van der Waals surface area contributed by atoms with Gasteiger partial charge in [-0.2, -0.15) is 0 Å². The van der Waals surface area contributed by atoms with Crippen molar-refractivity contribution in [2.45, 2.75) is 39.2 Å². The van der Waals surface area contributed by atoms with Gasteiger partial charge in [0.25, 0.3) is 5.91 Å². The van der Waals surface area contributed by atoms with Crippen LogP contribution in [-0.4, -0.2) is 37.2 Å². The van der Waals surface area contributed by atoms with Gasteiger partial charge in [0.1, 0.15) is 5.82 Å². The standard InChI is InChI=1S/C25H26FN3O3.C4H8O/c1-3-15-4-5-23(19(6-15)13-24(30)31)29-25(32)20-9-18(11-22(12-20)28-2)17-7-16(14-27)8-21(26)10-17;1-2-4-5-3-1/h4-12,28H,3,13-14,27H2,1-2H3,(H,29,32)(H,30,31);1-4H2. The molecule has 3 aromatic rings. The van der Waals surface area contributed by atoms with Crippen molar-refractivity contribution in [2.24, 2.45) is 5.73 Å². The van der Waals surface area contributed by atoms with Crippen molar-refractivity contribution >= 4 is 23.3 Å². The van der Waals surface area contributed by atoms with Gasteiger partial charge >= 0.3 is 5.97 Å². The van der Waals surface area contributed by atoms with Crippen molar-refractivity contribution in [3.8, 4) is 11.1 Å². The Morgan fingerprint density at radius 1 is 1.00 bits per heavy atom. The normalized spacial score (nSPS) is 12.4. The molecule has 1 aliphatic rings. The first kappa shape index (κ1) is 27.8. The first-order valence-corrected chi connectivity index (χ1v) is 12.4. The molecule has 0 aromatic heterocycles. The minimum absolute atomic E-state index is 0.198. The highest BCUT2D eigenvalue weighted by atomic mass is 19.1. The van der Waals surface area contributed by atoms with Crippen molar-refractivity contribution in [3.63, 3.8) is 0 Å². The monoisotopic (exact) mass is 507 g/mol. The summed E-state index contributed by atoms with van der Waals surface area (Å²) >= 11 is 0. The number of anilines is 2. The van der Waals surface area contributed by atoms with Crippen LogP contribution in [0.4, 0.5) is 15.8 Å². The summed E-state index contributed by atoms with van der Waals surface area (Å²) in [6, 6.07) is 15.1. The number of halogens is 1. The summed E-state index contributed by atoms with van der Waals surface area (Å²) in [5.74, 6) is -1.78. The lowest BCUT2D eigenvalue weighted by atomic mass is 9.99. The molecule has 7 nitrogen and oxygen atoms in total. The number of ether oxygens (including phenoxy) is 1. The number of carboxylic acids is 1. The molecule has 8 heteroatoms. The number of rotatable bonds is 8. The zero-order chi connectivity index (χ0) is 26.8. The predicted octanol–water partition coefficient (Wildman–Crippen LogP) is 5.23. The van der Waals surface area contributed by atoms with E-state index < -0.39 is 17.7 Å². The fourth-order valence-corrected chi connectivity index (χ4v) is 4.01. The number of aliphatic carboxylic acids is 1. The zero-order valence-corrected chi connectivity index (χ0v) is 21.3. The van der Waals surface area contributed by atoms with Gasteiger partial charge in [-0.25, -0.2) is 4.39 Å². The SMILES string of the molecule is C1CCOC1.CCc1ccc(NC(=O)c2cc(NC)cc(-c3cc(F)cc(CN)c3)c2)c(CC(=O)O)c1. The van der Waals surface area contributed by atoms with E-state index in [0.29, 0.717) is 39.2 Å². The molecule has 196 valence electrons. The number of aryl methyl sites for hydroxylation is 1. The van der Waals surface area contributed by atoms with E-state index in [4.69, 9.17) is 10.5 Å². The summed E-state index contributed by atoms with van der Waals surface area (Å²) < 4.78 is 19.0. The maximum Gasteiger partial charge on any atom is 0.307 e. The summed E-state index contributed by atoms with van der Waals surface area (Å²) in [4.78, 5) is 24.3. The molecule has 1 heterocycles. The summed E-state index contributed by atoms with van der Waals surface area (Å²) in [5, 5.41) is 15.1. The highest BCUT2D eigenvalue weighted by Crippen LogP contribution is 2.28. The summed E-state index contributed by atoms with van der Waals surface area (Å²) in [6.07, 6.45) is 3.11. The van der Waals surface area contributed by atoms with Crippen LogP contribution in [0.3, 0.4) is 0 Å². The van der Waals surface area contributed by atoms with Gasteiger partial charge in [0.05, 0.1) is 6.42 Å². The number of benzene rings is 3. The molecule has 0 spiro atoms. The second kappa shape index (κ2) is 13.5. The molecular weight excluding hydrogens is 473 g/mol. The fraction of sp³-hybridized carbons (Fsp3) is 0.310. The van der Waals surface area contributed by atoms with Crippen LogP contribution in [0.2, 0.25) is 0 Å². The van der Waals surface area contributed by atoms with Crippen LogP contribution in [0.1, 0.15) is 46.8 Å². The number of carboxylic acid groups (broad SMARTS) is 1. The molecule has 0 saturated carbocycles. The predicted molar refractivity (Wildman–Crippen MR) is 144 cm³/mol. The molecule has 37 heavy (non-hydrogen) atoms. The minimum Gasteiger partial charge on any atom is -0.481 e. The minimum atomic E-state index is -0.977. The van der Waals surface area contributed by atoms with Crippen LogP contribution in [-0.2, 0) is 28.9 Å². The molecule has 0 aliphatic carbocycles. The molecule has 3 aromatic carbocycles. The van der Waals surface area contributed by atoms with E-state index in [1.807, 2.05) is 19.1 Å². The molecule has 0 radical (unpaired) electrons. The van der Waals surface area contributed by atoms with E-state index in [2.05, 4.69) is 10.6 Å². The topological polar surface area (TPSA) is 114 Å². The van der Waals surface area contributed by atoms with Gasteiger partial charge in [0.2, 0.25) is 0 Å². The van der Waals surface area contributed by atoms with Crippen LogP contribution in [0.15, 0.2) is 54.6 Å². The van der Waals surface area contributed by atoms with E-state index in [9.17, 15) is 19.1 Å². The lowest BCUT2D eigenvalue weighted by Gasteiger charge is -2.14. The molecule has 0 bridgehead atoms. The number of carbonyl (C=O) groups is 2. The van der Waals surface area contributed by atoms with Crippen LogP contribution in [0.5, 0.6) is 0 Å². The zero-order valence-electron chi connectivity index (χ0n) is 21.3. The van der Waals surface area contributed by atoms with Crippen molar-refractivity contribution < 1.29 is 23.8 Å². The van der Waals surface area contributed by atoms with Crippen molar-refractivity contribution in [2.75, 3.05) is 30.9 Å². The lowest BCUT2D eigenvalue weighted by Crippen LogP contribution is -2.15. The third-order valence-electron chi connectivity index (χ3n) is 6.01. The van der Waals surface area contributed by atoms with Crippen molar-refractivity contribution in [3.05, 3.63) is 82.7 Å².